The van der Waals surface area contributed by atoms with Gasteiger partial charge in [0.05, 0.1) is 0 Å². The highest BCUT2D eigenvalue weighted by atomic mass is 35.5. The molecule has 0 atom stereocenters. The number of aromatic nitrogens is 2. The molecule has 1 rings (SSSR count). The smallest absolute Gasteiger partial charge is 0.341 e. The van der Waals surface area contributed by atoms with Crippen molar-refractivity contribution in [3.63, 3.8) is 0 Å². The number of rotatable bonds is 2. The van der Waals surface area contributed by atoms with Crippen molar-refractivity contribution in [1.29, 1.82) is 0 Å². The van der Waals surface area contributed by atoms with E-state index in [0.29, 0.717) is 11.3 Å². The van der Waals surface area contributed by atoms with Gasteiger partial charge in [0.25, 0.3) is 0 Å². The molecule has 9 heteroatoms. The van der Waals surface area contributed by atoms with Crippen LogP contribution in [0.1, 0.15) is 5.01 Å². The van der Waals surface area contributed by atoms with Crippen molar-refractivity contribution in [2.75, 3.05) is 12.4 Å². The van der Waals surface area contributed by atoms with Crippen LogP contribution in [-0.4, -0.2) is 23.3 Å². The summed E-state index contributed by atoms with van der Waals surface area (Å²) in [6.45, 7) is 0. The van der Waals surface area contributed by atoms with Gasteiger partial charge in [0.2, 0.25) is 10.1 Å². The normalized spacial score (nSPS) is 11.1. The fourth-order valence-corrected chi connectivity index (χ4v) is 1.31. The van der Waals surface area contributed by atoms with Crippen LogP contribution in [0.2, 0.25) is 0 Å². The van der Waals surface area contributed by atoms with Crippen molar-refractivity contribution in [3.05, 3.63) is 5.01 Å². The number of anilines is 1. The van der Waals surface area contributed by atoms with Crippen molar-refractivity contribution in [2.45, 2.75) is 5.38 Å². The molecule has 5 nitrogen and oxygen atoms in total. The third-order valence-corrected chi connectivity index (χ3v) is 2.31. The number of urea groups is 1. The summed E-state index contributed by atoms with van der Waals surface area (Å²) in [4.78, 5) is 10.7. The molecule has 0 saturated heterocycles. The lowest BCUT2D eigenvalue weighted by Crippen LogP contribution is -2.24. The summed E-state index contributed by atoms with van der Waals surface area (Å²) in [5.74, 6) is 0. The summed E-state index contributed by atoms with van der Waals surface area (Å²) in [6.07, 6.45) is 0. The molecule has 14 heavy (non-hydrogen) atoms. The van der Waals surface area contributed by atoms with Gasteiger partial charge in [-0.25, -0.2) is 4.79 Å². The highest BCUT2D eigenvalue weighted by Crippen LogP contribution is 2.35. The summed E-state index contributed by atoms with van der Waals surface area (Å²) in [5.41, 5.74) is 0. The molecule has 0 saturated carbocycles. The molecule has 1 heterocycles. The van der Waals surface area contributed by atoms with Gasteiger partial charge in [0.15, 0.2) is 0 Å². The average Bonchev–Trinajstić information content (AvgIpc) is 2.51. The Labute approximate surface area is 86.5 Å². The van der Waals surface area contributed by atoms with Crippen molar-refractivity contribution in [2.24, 2.45) is 0 Å². The van der Waals surface area contributed by atoms with Crippen LogP contribution in [0, 0.1) is 0 Å². The maximum absolute atomic E-state index is 12.4. The van der Waals surface area contributed by atoms with Crippen LogP contribution >= 0.6 is 22.9 Å². The van der Waals surface area contributed by atoms with Crippen LogP contribution in [0.5, 0.6) is 0 Å². The van der Waals surface area contributed by atoms with Crippen molar-refractivity contribution in [3.8, 4) is 0 Å². The molecule has 2 N–H and O–H groups in total. The fraction of sp³-hybridized carbons (Fsp3) is 0.400. The fourth-order valence-electron chi connectivity index (χ4n) is 0.548. The molecule has 0 unspecified atom stereocenters. The van der Waals surface area contributed by atoms with E-state index in [1.807, 2.05) is 0 Å². The van der Waals surface area contributed by atoms with Crippen LogP contribution in [0.25, 0.3) is 0 Å². The summed E-state index contributed by atoms with van der Waals surface area (Å²) >= 11 is 5.20. The van der Waals surface area contributed by atoms with Crippen molar-refractivity contribution < 1.29 is 13.6 Å². The number of carbonyl (C=O) groups excluding carboxylic acids is 1. The molecule has 2 amide bonds. The Hall–Kier alpha value is -1.02. The molecule has 0 aromatic carbocycles. The zero-order valence-electron chi connectivity index (χ0n) is 6.84. The molecule has 0 fully saturated rings. The van der Waals surface area contributed by atoms with E-state index in [-0.39, 0.29) is 5.13 Å². The van der Waals surface area contributed by atoms with E-state index in [0.717, 1.165) is 0 Å². The molecule has 1 aromatic rings. The highest BCUT2D eigenvalue weighted by molar-refractivity contribution is 7.15. The van der Waals surface area contributed by atoms with Crippen molar-refractivity contribution in [1.82, 2.24) is 15.5 Å². The topological polar surface area (TPSA) is 66.9 Å². The Balaban J connectivity index is 2.74. The van der Waals surface area contributed by atoms with E-state index >= 15 is 0 Å². The Morgan fingerprint density at radius 2 is 2.21 bits per heavy atom. The number of nitrogens with zero attached hydrogens (tertiary/aromatic N) is 2. The number of hydrogen-bond acceptors (Lipinski definition) is 4. The second-order valence-corrected chi connectivity index (χ2v) is 3.57. The number of hydrogen-bond donors (Lipinski definition) is 2. The van der Waals surface area contributed by atoms with E-state index in [2.05, 4.69) is 32.4 Å². The Bertz CT molecular complexity index is 339. The van der Waals surface area contributed by atoms with Crippen LogP contribution in [-0.2, 0) is 5.38 Å². The largest absolute Gasteiger partial charge is 0.375 e. The number of alkyl halides is 3. The SMILES string of the molecule is CNC(=O)Nc1nnc(C(F)(F)Cl)s1. The van der Waals surface area contributed by atoms with Gasteiger partial charge in [-0.3, -0.25) is 5.32 Å². The van der Waals surface area contributed by atoms with Crippen molar-refractivity contribution >= 4 is 34.1 Å². The minimum absolute atomic E-state index is 0.0420. The van der Waals surface area contributed by atoms with Gasteiger partial charge in [-0.1, -0.05) is 11.3 Å². The highest BCUT2D eigenvalue weighted by Gasteiger charge is 2.33. The third-order valence-electron chi connectivity index (χ3n) is 1.12. The Morgan fingerprint density at radius 3 is 2.64 bits per heavy atom. The van der Waals surface area contributed by atoms with Gasteiger partial charge >= 0.3 is 11.4 Å². The van der Waals surface area contributed by atoms with Gasteiger partial charge in [-0.05, 0) is 11.6 Å². The molecule has 0 radical (unpaired) electrons. The Kier molecular flexibility index (Phi) is 3.17. The molecule has 0 bridgehead atoms. The number of nitrogens with one attached hydrogen (secondary N) is 2. The summed E-state index contributed by atoms with van der Waals surface area (Å²) in [5, 5.41) is 6.58. The lowest BCUT2D eigenvalue weighted by atomic mass is 10.7. The molecule has 1 aromatic heterocycles. The first kappa shape index (κ1) is 11.1. The maximum atomic E-state index is 12.4. The predicted octanol–water partition coefficient (Wildman–Crippen LogP) is 1.58. The summed E-state index contributed by atoms with van der Waals surface area (Å²) in [7, 11) is 1.38. The average molecular weight is 243 g/mol. The monoisotopic (exact) mass is 242 g/mol. The molecule has 0 aliphatic rings. The van der Waals surface area contributed by atoms with E-state index in [4.69, 9.17) is 0 Å². The Morgan fingerprint density at radius 1 is 1.57 bits per heavy atom. The van der Waals surface area contributed by atoms with E-state index in [1.54, 1.807) is 0 Å². The van der Waals surface area contributed by atoms with E-state index < -0.39 is 16.4 Å². The second-order valence-electron chi connectivity index (χ2n) is 2.11. The molecular weight excluding hydrogens is 238 g/mol. The van der Waals surface area contributed by atoms with E-state index in [9.17, 15) is 13.6 Å². The zero-order chi connectivity index (χ0) is 10.8. The lowest BCUT2D eigenvalue weighted by molar-refractivity contribution is 0.0939. The summed E-state index contributed by atoms with van der Waals surface area (Å²) in [6, 6.07) is -0.564. The maximum Gasteiger partial charge on any atom is 0.375 e. The van der Waals surface area contributed by atoms with Gasteiger partial charge in [-0.15, -0.1) is 10.2 Å². The number of carbonyl (C=O) groups is 1. The lowest BCUT2D eigenvalue weighted by Gasteiger charge is -1.99. The molecule has 0 spiro atoms. The first-order valence-corrected chi connectivity index (χ1v) is 4.52. The first-order valence-electron chi connectivity index (χ1n) is 3.33. The zero-order valence-corrected chi connectivity index (χ0v) is 8.42. The number of halogens is 3. The minimum Gasteiger partial charge on any atom is -0.341 e. The molecule has 0 aliphatic carbocycles. The number of amides is 2. The quantitative estimate of drug-likeness (QED) is 0.774. The van der Waals surface area contributed by atoms with E-state index in [1.165, 1.54) is 7.05 Å². The van der Waals surface area contributed by atoms with Gasteiger partial charge in [-0.2, -0.15) is 8.78 Å². The van der Waals surface area contributed by atoms with Crippen LogP contribution in [0.3, 0.4) is 0 Å². The molecule has 78 valence electrons. The predicted molar refractivity (Wildman–Crippen MR) is 47.7 cm³/mol. The standard InChI is InChI=1S/C5H5ClF2N4OS/c1-9-3(13)10-4-12-11-2(14-4)5(6,7)8/h1H3,(H2,9,10,12,13). The molecular formula is C5H5ClF2N4OS. The second kappa shape index (κ2) is 4.01. The van der Waals surface area contributed by atoms with Gasteiger partial charge in [0.1, 0.15) is 0 Å². The first-order chi connectivity index (χ1) is 6.43. The minimum atomic E-state index is -3.56. The third kappa shape index (κ3) is 2.74. The van der Waals surface area contributed by atoms with Gasteiger partial charge in [0, 0.05) is 7.05 Å². The molecule has 0 aliphatic heterocycles. The van der Waals surface area contributed by atoms with Gasteiger partial charge < -0.3 is 5.32 Å². The van der Waals surface area contributed by atoms with Crippen LogP contribution in [0.4, 0.5) is 18.7 Å². The van der Waals surface area contributed by atoms with Crippen LogP contribution < -0.4 is 10.6 Å². The summed E-state index contributed by atoms with van der Waals surface area (Å²) < 4.78 is 24.9. The van der Waals surface area contributed by atoms with Crippen LogP contribution in [0.15, 0.2) is 0 Å².